The summed E-state index contributed by atoms with van der Waals surface area (Å²) in [5.41, 5.74) is 0.148. The molecule has 2 atom stereocenters. The zero-order valence-electron chi connectivity index (χ0n) is 15.9. The van der Waals surface area contributed by atoms with Crippen LogP contribution in [-0.2, 0) is 16.6 Å². The molecule has 1 aliphatic heterocycles. The molecule has 0 bridgehead atoms. The zero-order valence-corrected chi connectivity index (χ0v) is 19.9. The molecule has 0 spiro atoms. The molecule has 1 fully saturated rings. The number of hydrogen-bond acceptors (Lipinski definition) is 6. The summed E-state index contributed by atoms with van der Waals surface area (Å²) in [7, 11) is -4.04. The van der Waals surface area contributed by atoms with Crippen molar-refractivity contribution in [3.63, 3.8) is 0 Å². The van der Waals surface area contributed by atoms with Crippen LogP contribution in [0, 0.1) is 21.6 Å². The normalized spacial score (nSPS) is 19.1. The first-order valence-corrected chi connectivity index (χ1v) is 12.0. The van der Waals surface area contributed by atoms with Crippen molar-refractivity contribution in [2.45, 2.75) is 36.9 Å². The molecule has 0 aromatic heterocycles. The third-order valence-electron chi connectivity index (χ3n) is 5.08. The van der Waals surface area contributed by atoms with Gasteiger partial charge < -0.3 is 4.90 Å². The Morgan fingerprint density at radius 3 is 2.63 bits per heavy atom. The highest BCUT2D eigenvalue weighted by Gasteiger charge is 2.40. The van der Waals surface area contributed by atoms with Gasteiger partial charge in [-0.15, -0.1) is 0 Å². The lowest BCUT2D eigenvalue weighted by Crippen LogP contribution is -2.41. The van der Waals surface area contributed by atoms with Crippen molar-refractivity contribution in [3.8, 4) is 6.19 Å². The molecule has 1 aliphatic rings. The van der Waals surface area contributed by atoms with E-state index in [2.05, 4.69) is 38.1 Å². The number of sulfonamides is 1. The largest absolute Gasteiger partial charge is 0.306 e. The summed E-state index contributed by atoms with van der Waals surface area (Å²) in [5, 5.41) is 20.8. The Morgan fingerprint density at radius 2 is 2.00 bits per heavy atom. The van der Waals surface area contributed by atoms with E-state index in [0.717, 1.165) is 0 Å². The molecular formula is C19H18Br2N4O4S. The maximum absolute atomic E-state index is 13.7. The standard InChI is InChI=1S/C19H18Br2N4O4S/c1-13-8-16(11-23(13)12-22)24(10-14-4-2-3-5-18(14)25(26)27)30(28,29)19-9-15(20)6-7-17(19)21/h2-7,9,13,16H,8,10-11H2,1H3. The Labute approximate surface area is 191 Å². The molecule has 30 heavy (non-hydrogen) atoms. The average Bonchev–Trinajstić information content (AvgIpc) is 3.08. The first-order chi connectivity index (χ1) is 14.1. The van der Waals surface area contributed by atoms with Crippen LogP contribution in [0.4, 0.5) is 5.69 Å². The Balaban J connectivity index is 2.10. The van der Waals surface area contributed by atoms with Crippen molar-refractivity contribution in [2.24, 2.45) is 0 Å². The van der Waals surface area contributed by atoms with Crippen LogP contribution in [0.3, 0.4) is 0 Å². The SMILES string of the molecule is CC1CC(N(Cc2ccccc2[N+](=O)[O-])S(=O)(=O)c2cc(Br)ccc2Br)CN1C#N. The van der Waals surface area contributed by atoms with Crippen molar-refractivity contribution < 1.29 is 13.3 Å². The fraction of sp³-hybridized carbons (Fsp3) is 0.316. The summed E-state index contributed by atoms with van der Waals surface area (Å²) >= 11 is 6.61. The Bertz CT molecular complexity index is 1120. The minimum absolute atomic E-state index is 0.0542. The Kier molecular flexibility index (Phi) is 6.81. The highest BCUT2D eigenvalue weighted by atomic mass is 79.9. The summed E-state index contributed by atoms with van der Waals surface area (Å²) < 4.78 is 29.6. The molecule has 0 aliphatic carbocycles. The van der Waals surface area contributed by atoms with Crippen molar-refractivity contribution in [1.29, 1.82) is 5.26 Å². The summed E-state index contributed by atoms with van der Waals surface area (Å²) in [6, 6.07) is 10.3. The van der Waals surface area contributed by atoms with Crippen LogP contribution in [0.15, 0.2) is 56.3 Å². The average molecular weight is 558 g/mol. The minimum atomic E-state index is -4.04. The zero-order chi connectivity index (χ0) is 22.1. The molecule has 11 heteroatoms. The number of nitro benzene ring substituents is 1. The number of benzene rings is 2. The van der Waals surface area contributed by atoms with Gasteiger partial charge in [0.2, 0.25) is 10.0 Å². The van der Waals surface area contributed by atoms with Gasteiger partial charge in [-0.2, -0.15) is 9.57 Å². The van der Waals surface area contributed by atoms with Crippen molar-refractivity contribution in [3.05, 3.63) is 67.1 Å². The summed E-state index contributed by atoms with van der Waals surface area (Å²) in [5.74, 6) is 0. The number of rotatable bonds is 6. The molecule has 0 amide bonds. The lowest BCUT2D eigenvalue weighted by Gasteiger charge is -2.28. The maximum atomic E-state index is 13.7. The third-order valence-corrected chi connectivity index (χ3v) is 8.47. The fourth-order valence-electron chi connectivity index (χ4n) is 3.55. The van der Waals surface area contributed by atoms with Crippen molar-refractivity contribution in [1.82, 2.24) is 9.21 Å². The molecule has 8 nitrogen and oxygen atoms in total. The van der Waals surface area contributed by atoms with Gasteiger partial charge in [0.05, 0.1) is 9.82 Å². The van der Waals surface area contributed by atoms with Crippen LogP contribution >= 0.6 is 31.9 Å². The van der Waals surface area contributed by atoms with Gasteiger partial charge in [0, 0.05) is 45.7 Å². The number of nitrogens with zero attached hydrogens (tertiary/aromatic N) is 4. The molecule has 1 heterocycles. The molecule has 2 unspecified atom stereocenters. The highest BCUT2D eigenvalue weighted by molar-refractivity contribution is 9.11. The molecular weight excluding hydrogens is 540 g/mol. The molecule has 3 rings (SSSR count). The summed E-state index contributed by atoms with van der Waals surface area (Å²) in [6.45, 7) is 1.91. The fourth-order valence-corrected chi connectivity index (χ4v) is 6.62. The molecule has 2 aromatic rings. The van der Waals surface area contributed by atoms with E-state index in [9.17, 15) is 23.8 Å². The van der Waals surface area contributed by atoms with Gasteiger partial charge in [-0.3, -0.25) is 10.1 Å². The summed E-state index contributed by atoms with van der Waals surface area (Å²) in [6.07, 6.45) is 2.53. The second kappa shape index (κ2) is 9.01. The van der Waals surface area contributed by atoms with E-state index >= 15 is 0 Å². The maximum Gasteiger partial charge on any atom is 0.273 e. The van der Waals surface area contributed by atoms with Gasteiger partial charge in [-0.05, 0) is 47.5 Å². The van der Waals surface area contributed by atoms with Crippen LogP contribution < -0.4 is 0 Å². The van der Waals surface area contributed by atoms with Gasteiger partial charge in [0.25, 0.3) is 5.69 Å². The molecule has 1 saturated heterocycles. The van der Waals surface area contributed by atoms with Gasteiger partial charge in [-0.25, -0.2) is 8.42 Å². The topological polar surface area (TPSA) is 108 Å². The van der Waals surface area contributed by atoms with Gasteiger partial charge in [0.15, 0.2) is 6.19 Å². The molecule has 0 radical (unpaired) electrons. The lowest BCUT2D eigenvalue weighted by atomic mass is 10.1. The number of halogens is 2. The lowest BCUT2D eigenvalue weighted by molar-refractivity contribution is -0.385. The summed E-state index contributed by atoms with van der Waals surface area (Å²) in [4.78, 5) is 12.5. The van der Waals surface area contributed by atoms with E-state index in [1.165, 1.54) is 21.3 Å². The van der Waals surface area contributed by atoms with Crippen LogP contribution in [0.25, 0.3) is 0 Å². The molecule has 0 N–H and O–H groups in total. The predicted octanol–water partition coefficient (Wildman–Crippen LogP) is 4.25. The van der Waals surface area contributed by atoms with Crippen LogP contribution in [0.2, 0.25) is 0 Å². The first kappa shape index (κ1) is 22.7. The van der Waals surface area contributed by atoms with E-state index in [-0.39, 0.29) is 29.7 Å². The smallest absolute Gasteiger partial charge is 0.273 e. The Morgan fingerprint density at radius 1 is 1.30 bits per heavy atom. The molecule has 2 aromatic carbocycles. The number of nitro groups is 1. The van der Waals surface area contributed by atoms with E-state index in [1.807, 2.05) is 6.92 Å². The first-order valence-electron chi connectivity index (χ1n) is 9.00. The second-order valence-electron chi connectivity index (χ2n) is 7.00. The molecule has 158 valence electrons. The molecule has 0 saturated carbocycles. The van der Waals surface area contributed by atoms with E-state index in [0.29, 0.717) is 20.9 Å². The number of nitriles is 1. The second-order valence-corrected chi connectivity index (χ2v) is 10.6. The van der Waals surface area contributed by atoms with E-state index in [1.54, 1.807) is 30.3 Å². The van der Waals surface area contributed by atoms with E-state index in [4.69, 9.17) is 0 Å². The van der Waals surface area contributed by atoms with Crippen molar-refractivity contribution >= 4 is 47.6 Å². The quantitative estimate of drug-likeness (QED) is 0.298. The minimum Gasteiger partial charge on any atom is -0.306 e. The van der Waals surface area contributed by atoms with Crippen LogP contribution in [-0.4, -0.2) is 41.2 Å². The Hall–Kier alpha value is -2.00. The number of para-hydroxylation sites is 1. The van der Waals surface area contributed by atoms with Gasteiger partial charge >= 0.3 is 0 Å². The van der Waals surface area contributed by atoms with Gasteiger partial charge in [0.1, 0.15) is 0 Å². The van der Waals surface area contributed by atoms with Crippen LogP contribution in [0.1, 0.15) is 18.9 Å². The van der Waals surface area contributed by atoms with Crippen LogP contribution in [0.5, 0.6) is 0 Å². The van der Waals surface area contributed by atoms with Gasteiger partial charge in [-0.1, -0.05) is 34.1 Å². The third kappa shape index (κ3) is 4.51. The highest BCUT2D eigenvalue weighted by Crippen LogP contribution is 2.34. The van der Waals surface area contributed by atoms with Crippen molar-refractivity contribution in [2.75, 3.05) is 6.54 Å². The predicted molar refractivity (Wildman–Crippen MR) is 118 cm³/mol. The number of hydrogen-bond donors (Lipinski definition) is 0. The van der Waals surface area contributed by atoms with E-state index < -0.39 is 21.0 Å². The monoisotopic (exact) mass is 556 g/mol. The number of likely N-dealkylation sites (tertiary alicyclic amines) is 1.